The molecule has 74 valence electrons. The molecule has 3 N–H and O–H groups in total. The number of aliphatic hydroxyl groups is 1. The number of para-hydroxylation sites is 1. The van der Waals surface area contributed by atoms with Gasteiger partial charge in [0.15, 0.2) is 0 Å². The summed E-state index contributed by atoms with van der Waals surface area (Å²) in [4.78, 5) is 0. The van der Waals surface area contributed by atoms with Gasteiger partial charge in [0, 0.05) is 10.9 Å². The van der Waals surface area contributed by atoms with Crippen LogP contribution in [0.25, 0.3) is 11.0 Å². The van der Waals surface area contributed by atoms with Crippen molar-refractivity contribution in [1.82, 2.24) is 0 Å². The molecule has 2 rings (SSSR count). The van der Waals surface area contributed by atoms with E-state index in [1.165, 1.54) is 0 Å². The lowest BCUT2D eigenvalue weighted by molar-refractivity contribution is 0.268. The fraction of sp³-hybridized carbons (Fsp3) is 0.200. The first-order chi connectivity index (χ1) is 6.74. The normalized spacial score (nSPS) is 13.4. The van der Waals surface area contributed by atoms with Gasteiger partial charge in [-0.3, -0.25) is 0 Å². The van der Waals surface area contributed by atoms with E-state index in [4.69, 9.17) is 15.3 Å². The Morgan fingerprint density at radius 3 is 3.00 bits per heavy atom. The molecule has 0 saturated carbocycles. The van der Waals surface area contributed by atoms with Gasteiger partial charge in [0.25, 0.3) is 0 Å². The van der Waals surface area contributed by atoms with E-state index >= 15 is 0 Å². The predicted octanol–water partition coefficient (Wildman–Crippen LogP) is 2.19. The van der Waals surface area contributed by atoms with Crippen LogP contribution in [0.4, 0.5) is 0 Å². The standard InChI is InChI=1S/C10H10BrNO2/c11-8-3-1-2-6-7(9(12)4-13)5-14-10(6)8/h1-3,5,9,13H,4,12H2. The van der Waals surface area contributed by atoms with Crippen molar-refractivity contribution in [3.05, 3.63) is 34.5 Å². The Morgan fingerprint density at radius 2 is 2.29 bits per heavy atom. The Labute approximate surface area is 89.6 Å². The molecule has 0 aliphatic rings. The summed E-state index contributed by atoms with van der Waals surface area (Å²) in [7, 11) is 0. The molecule has 1 aromatic carbocycles. The van der Waals surface area contributed by atoms with Crippen LogP contribution in [0.1, 0.15) is 11.6 Å². The maximum Gasteiger partial charge on any atom is 0.148 e. The minimum absolute atomic E-state index is 0.0822. The SMILES string of the molecule is NC(CO)c1coc2c(Br)cccc12. The van der Waals surface area contributed by atoms with Crippen molar-refractivity contribution in [3.63, 3.8) is 0 Å². The summed E-state index contributed by atoms with van der Waals surface area (Å²) in [6, 6.07) is 5.36. The molecule has 0 spiro atoms. The summed E-state index contributed by atoms with van der Waals surface area (Å²) in [6.45, 7) is -0.0822. The Hall–Kier alpha value is -0.840. The number of nitrogens with two attached hydrogens (primary N) is 1. The van der Waals surface area contributed by atoms with Gasteiger partial charge in [0.2, 0.25) is 0 Å². The van der Waals surface area contributed by atoms with E-state index in [-0.39, 0.29) is 12.6 Å². The number of hydrogen-bond acceptors (Lipinski definition) is 3. The Bertz CT molecular complexity index is 452. The minimum atomic E-state index is -0.384. The second kappa shape index (κ2) is 3.73. The van der Waals surface area contributed by atoms with Crippen molar-refractivity contribution < 1.29 is 9.52 Å². The van der Waals surface area contributed by atoms with E-state index in [1.807, 2.05) is 18.2 Å². The van der Waals surface area contributed by atoms with Crippen LogP contribution in [-0.2, 0) is 0 Å². The molecule has 4 heteroatoms. The summed E-state index contributed by atoms with van der Waals surface area (Å²) in [5.74, 6) is 0. The first kappa shape index (κ1) is 9.71. The fourth-order valence-electron chi connectivity index (χ4n) is 1.43. The van der Waals surface area contributed by atoms with Crippen molar-refractivity contribution in [2.24, 2.45) is 5.73 Å². The molecular weight excluding hydrogens is 246 g/mol. The second-order valence-corrected chi connectivity index (χ2v) is 3.95. The molecule has 0 aliphatic carbocycles. The highest BCUT2D eigenvalue weighted by molar-refractivity contribution is 9.10. The lowest BCUT2D eigenvalue weighted by atomic mass is 10.1. The van der Waals surface area contributed by atoms with E-state index in [9.17, 15) is 0 Å². The van der Waals surface area contributed by atoms with Crippen LogP contribution in [0.3, 0.4) is 0 Å². The Morgan fingerprint density at radius 1 is 1.50 bits per heavy atom. The quantitative estimate of drug-likeness (QED) is 0.865. The number of rotatable bonds is 2. The number of halogens is 1. The summed E-state index contributed by atoms with van der Waals surface area (Å²) in [5.41, 5.74) is 7.34. The zero-order valence-corrected chi connectivity index (χ0v) is 8.99. The molecule has 1 aromatic heterocycles. The summed E-state index contributed by atoms with van der Waals surface area (Å²) >= 11 is 3.38. The van der Waals surface area contributed by atoms with E-state index < -0.39 is 0 Å². The number of fused-ring (bicyclic) bond motifs is 1. The second-order valence-electron chi connectivity index (χ2n) is 3.10. The van der Waals surface area contributed by atoms with Crippen LogP contribution in [0.15, 0.2) is 33.4 Å². The van der Waals surface area contributed by atoms with Crippen LogP contribution >= 0.6 is 15.9 Å². The van der Waals surface area contributed by atoms with Gasteiger partial charge >= 0.3 is 0 Å². The molecule has 0 amide bonds. The van der Waals surface area contributed by atoms with Crippen molar-refractivity contribution >= 4 is 26.9 Å². The number of aliphatic hydroxyl groups excluding tert-OH is 1. The smallest absolute Gasteiger partial charge is 0.148 e. The van der Waals surface area contributed by atoms with Crippen molar-refractivity contribution in [2.45, 2.75) is 6.04 Å². The zero-order chi connectivity index (χ0) is 10.1. The van der Waals surface area contributed by atoms with Crippen molar-refractivity contribution in [3.8, 4) is 0 Å². The van der Waals surface area contributed by atoms with E-state index in [1.54, 1.807) is 6.26 Å². The molecule has 0 bridgehead atoms. The van der Waals surface area contributed by atoms with Gasteiger partial charge in [0.05, 0.1) is 23.4 Å². The number of benzene rings is 1. The Kier molecular flexibility index (Phi) is 2.58. The first-order valence-corrected chi connectivity index (χ1v) is 5.05. The molecule has 1 atom stereocenters. The maximum absolute atomic E-state index is 8.96. The molecule has 1 unspecified atom stereocenters. The van der Waals surface area contributed by atoms with Gasteiger partial charge in [-0.25, -0.2) is 0 Å². The Balaban J connectivity index is 2.63. The van der Waals surface area contributed by atoms with Crippen LogP contribution in [0, 0.1) is 0 Å². The lowest BCUT2D eigenvalue weighted by Crippen LogP contribution is -2.13. The fourth-order valence-corrected chi connectivity index (χ4v) is 1.89. The summed E-state index contributed by atoms with van der Waals surface area (Å²) in [6.07, 6.45) is 1.59. The average Bonchev–Trinajstić information content (AvgIpc) is 2.62. The molecule has 3 nitrogen and oxygen atoms in total. The van der Waals surface area contributed by atoms with Gasteiger partial charge in [-0.1, -0.05) is 12.1 Å². The molecule has 2 aromatic rings. The first-order valence-electron chi connectivity index (χ1n) is 4.26. The molecular formula is C10H10BrNO2. The highest BCUT2D eigenvalue weighted by atomic mass is 79.9. The third-order valence-electron chi connectivity index (χ3n) is 2.18. The summed E-state index contributed by atoms with van der Waals surface area (Å²) < 4.78 is 6.26. The van der Waals surface area contributed by atoms with E-state index in [0.717, 1.165) is 21.0 Å². The van der Waals surface area contributed by atoms with Gasteiger partial charge < -0.3 is 15.3 Å². The summed E-state index contributed by atoms with van der Waals surface area (Å²) in [5, 5.41) is 9.90. The van der Waals surface area contributed by atoms with Gasteiger partial charge in [-0.15, -0.1) is 0 Å². The van der Waals surface area contributed by atoms with Gasteiger partial charge in [-0.05, 0) is 22.0 Å². The molecule has 0 saturated heterocycles. The molecule has 0 aliphatic heterocycles. The highest BCUT2D eigenvalue weighted by Gasteiger charge is 2.13. The molecule has 1 heterocycles. The van der Waals surface area contributed by atoms with Gasteiger partial charge in [-0.2, -0.15) is 0 Å². The van der Waals surface area contributed by atoms with Crippen LogP contribution in [0.5, 0.6) is 0 Å². The van der Waals surface area contributed by atoms with Crippen LogP contribution in [-0.4, -0.2) is 11.7 Å². The number of furan rings is 1. The van der Waals surface area contributed by atoms with E-state index in [2.05, 4.69) is 15.9 Å². The lowest BCUT2D eigenvalue weighted by Gasteiger charge is -2.04. The molecule has 14 heavy (non-hydrogen) atoms. The molecule has 0 radical (unpaired) electrons. The largest absolute Gasteiger partial charge is 0.463 e. The zero-order valence-electron chi connectivity index (χ0n) is 7.40. The molecule has 0 fully saturated rings. The maximum atomic E-state index is 8.96. The highest BCUT2D eigenvalue weighted by Crippen LogP contribution is 2.30. The van der Waals surface area contributed by atoms with E-state index in [0.29, 0.717) is 0 Å². The van der Waals surface area contributed by atoms with Crippen molar-refractivity contribution in [1.29, 1.82) is 0 Å². The van der Waals surface area contributed by atoms with Gasteiger partial charge in [0.1, 0.15) is 5.58 Å². The third kappa shape index (κ3) is 1.45. The average molecular weight is 256 g/mol. The number of hydrogen-bond donors (Lipinski definition) is 2. The predicted molar refractivity (Wildman–Crippen MR) is 57.9 cm³/mol. The third-order valence-corrected chi connectivity index (χ3v) is 2.80. The monoisotopic (exact) mass is 255 g/mol. The van der Waals surface area contributed by atoms with Crippen LogP contribution in [0.2, 0.25) is 0 Å². The van der Waals surface area contributed by atoms with Crippen LogP contribution < -0.4 is 5.73 Å². The topological polar surface area (TPSA) is 59.4 Å². The minimum Gasteiger partial charge on any atom is -0.463 e. The van der Waals surface area contributed by atoms with Crippen molar-refractivity contribution in [2.75, 3.05) is 6.61 Å².